The highest BCUT2D eigenvalue weighted by Gasteiger charge is 2.32. The van der Waals surface area contributed by atoms with Gasteiger partial charge >= 0.3 is 0 Å². The second kappa shape index (κ2) is 8.53. The maximum atomic E-state index is 14.0. The van der Waals surface area contributed by atoms with Gasteiger partial charge in [0.1, 0.15) is 24.3 Å². The Hall–Kier alpha value is -4.36. The van der Waals surface area contributed by atoms with Crippen molar-refractivity contribution in [2.75, 3.05) is 5.73 Å². The Kier molecular flexibility index (Phi) is 5.39. The Morgan fingerprint density at radius 1 is 0.853 bits per heavy atom. The Bertz CT molecular complexity index is 1340. The molecule has 0 radical (unpaired) electrons. The fourth-order valence-corrected chi connectivity index (χ4v) is 3.79. The Morgan fingerprint density at radius 2 is 1.35 bits per heavy atom. The predicted molar refractivity (Wildman–Crippen MR) is 113 cm³/mol. The molecule has 0 amide bonds. The average Bonchev–Trinajstić information content (AvgIpc) is 3.69. The number of non-ortho nitro benzene ring substituents is 1. The first kappa shape index (κ1) is 21.5. The number of nitro benzene ring substituents is 1. The number of nitrogen functional groups attached to an aromatic ring is 1. The zero-order valence-corrected chi connectivity index (χ0v) is 17.6. The molecule has 2 heterocycles. The number of halogens is 2. The predicted octanol–water partition coefficient (Wildman–Crippen LogP) is 2.85. The molecule has 0 aliphatic heterocycles. The van der Waals surface area contributed by atoms with E-state index in [1.54, 1.807) is 6.07 Å². The zero-order valence-electron chi connectivity index (χ0n) is 17.6. The number of rotatable bonds is 5. The van der Waals surface area contributed by atoms with Gasteiger partial charge in [0.2, 0.25) is 0 Å². The third-order valence-corrected chi connectivity index (χ3v) is 5.60. The maximum Gasteiger partial charge on any atom is 0.274 e. The van der Waals surface area contributed by atoms with Gasteiger partial charge in [-0.1, -0.05) is 0 Å². The summed E-state index contributed by atoms with van der Waals surface area (Å²) in [5.41, 5.74) is 7.82. The van der Waals surface area contributed by atoms with E-state index < -0.39 is 10.7 Å². The summed E-state index contributed by atoms with van der Waals surface area (Å²) in [6, 6.07) is 5.29. The van der Waals surface area contributed by atoms with Crippen LogP contribution in [0.3, 0.4) is 0 Å². The third kappa shape index (κ3) is 4.29. The minimum absolute atomic E-state index is 0.102. The summed E-state index contributed by atoms with van der Waals surface area (Å²) >= 11 is 0. The highest BCUT2D eigenvalue weighted by molar-refractivity contribution is 5.55. The molecule has 2 N–H and O–H groups in total. The lowest BCUT2D eigenvalue weighted by Gasteiger charge is -2.09. The van der Waals surface area contributed by atoms with E-state index in [9.17, 15) is 18.9 Å². The average molecular weight is 468 g/mol. The number of nitrogens with two attached hydrogens (primary N) is 1. The van der Waals surface area contributed by atoms with E-state index in [-0.39, 0.29) is 23.3 Å². The molecule has 12 nitrogen and oxygen atoms in total. The molecule has 2 aliphatic rings. The molecule has 174 valence electrons. The maximum absolute atomic E-state index is 14.0. The van der Waals surface area contributed by atoms with Crippen LogP contribution in [0.2, 0.25) is 0 Å². The van der Waals surface area contributed by atoms with Crippen molar-refractivity contribution >= 4 is 11.4 Å². The molecule has 6 rings (SSSR count). The number of nitro groups is 1. The Labute approximate surface area is 190 Å². The number of aromatic nitrogens is 8. The molecular formula is C20H18F2N10O2. The highest BCUT2D eigenvalue weighted by atomic mass is 19.1. The van der Waals surface area contributed by atoms with Crippen LogP contribution < -0.4 is 5.73 Å². The van der Waals surface area contributed by atoms with Crippen molar-refractivity contribution in [3.63, 3.8) is 0 Å². The van der Waals surface area contributed by atoms with Gasteiger partial charge in [0.25, 0.3) is 5.69 Å². The van der Waals surface area contributed by atoms with Gasteiger partial charge in [0, 0.05) is 22.9 Å². The summed E-state index contributed by atoms with van der Waals surface area (Å²) in [6.45, 7) is 0. The van der Waals surface area contributed by atoms with Gasteiger partial charge < -0.3 is 5.73 Å². The molecule has 4 aromatic rings. The van der Waals surface area contributed by atoms with Crippen LogP contribution in [0.1, 0.15) is 48.6 Å². The number of hydrogen-bond acceptors (Lipinski definition) is 9. The van der Waals surface area contributed by atoms with E-state index in [2.05, 4.69) is 31.1 Å². The second-order valence-corrected chi connectivity index (χ2v) is 8.11. The minimum Gasteiger partial charge on any atom is -0.399 e. The van der Waals surface area contributed by atoms with E-state index in [1.165, 1.54) is 34.2 Å². The molecule has 0 bridgehead atoms. The number of tetrazole rings is 2. The molecule has 2 aliphatic carbocycles. The molecular weight excluding hydrogens is 450 g/mol. The van der Waals surface area contributed by atoms with Crippen molar-refractivity contribution in [2.45, 2.75) is 37.5 Å². The molecule has 0 unspecified atom stereocenters. The van der Waals surface area contributed by atoms with Gasteiger partial charge in [-0.2, -0.15) is 4.68 Å². The summed E-state index contributed by atoms with van der Waals surface area (Å²) in [6.07, 6.45) is 6.52. The van der Waals surface area contributed by atoms with Crippen molar-refractivity contribution in [2.24, 2.45) is 0 Å². The topological polar surface area (TPSA) is 156 Å². The van der Waals surface area contributed by atoms with Crippen LogP contribution in [0.25, 0.3) is 11.4 Å². The van der Waals surface area contributed by atoms with Gasteiger partial charge in [-0.3, -0.25) is 10.1 Å². The summed E-state index contributed by atoms with van der Waals surface area (Å²) in [4.78, 5) is 10.1. The Balaban J connectivity index is 0.000000142. The summed E-state index contributed by atoms with van der Waals surface area (Å²) in [5.74, 6) is -0.463. The van der Waals surface area contributed by atoms with E-state index in [0.717, 1.165) is 31.7 Å². The highest BCUT2D eigenvalue weighted by Crippen LogP contribution is 2.45. The van der Waals surface area contributed by atoms with Gasteiger partial charge in [0.05, 0.1) is 22.4 Å². The Morgan fingerprint density at radius 3 is 1.79 bits per heavy atom. The van der Waals surface area contributed by atoms with E-state index in [0.29, 0.717) is 28.2 Å². The molecule has 14 heteroatoms. The van der Waals surface area contributed by atoms with E-state index in [4.69, 9.17) is 5.73 Å². The van der Waals surface area contributed by atoms with Crippen LogP contribution >= 0.6 is 0 Å². The molecule has 0 atom stereocenters. The SMILES string of the molecule is Nc1cc(F)c(C2CC2)c(-n2cnnn2)c1.O=[N+]([O-])c1cc(F)c(C2CC2)c(-n2cnnn2)c1. The largest absolute Gasteiger partial charge is 0.399 e. The van der Waals surface area contributed by atoms with Crippen molar-refractivity contribution in [1.82, 2.24) is 40.4 Å². The normalized spacial score (nSPS) is 15.0. The molecule has 34 heavy (non-hydrogen) atoms. The quantitative estimate of drug-likeness (QED) is 0.264. The summed E-state index contributed by atoms with van der Waals surface area (Å²) in [5, 5.41) is 32.2. The molecule has 2 aromatic carbocycles. The fraction of sp³-hybridized carbons (Fsp3) is 0.300. The third-order valence-electron chi connectivity index (χ3n) is 5.60. The summed E-state index contributed by atoms with van der Waals surface area (Å²) in [7, 11) is 0. The van der Waals surface area contributed by atoms with Gasteiger partial charge in [-0.25, -0.2) is 13.5 Å². The standard InChI is InChI=1S/C10H8FN5O2.C10H10FN5/c11-8-3-7(16(17)18)4-9(10(8)6-1-2-6)15-5-12-13-14-15;11-8-3-7(12)4-9(10(8)6-1-2-6)16-5-13-14-15-16/h3-6H,1-2H2;3-6H,1-2,12H2. The molecule has 2 fully saturated rings. The van der Waals surface area contributed by atoms with Crippen LogP contribution in [-0.2, 0) is 0 Å². The van der Waals surface area contributed by atoms with Crippen molar-refractivity contribution in [3.8, 4) is 11.4 Å². The molecule has 2 aromatic heterocycles. The van der Waals surface area contributed by atoms with Crippen LogP contribution in [-0.4, -0.2) is 45.3 Å². The van der Waals surface area contributed by atoms with Crippen molar-refractivity contribution in [1.29, 1.82) is 0 Å². The number of benzene rings is 2. The van der Waals surface area contributed by atoms with Crippen molar-refractivity contribution in [3.05, 3.63) is 69.8 Å². The first-order chi connectivity index (χ1) is 16.4. The number of nitrogens with zero attached hydrogens (tertiary/aromatic N) is 9. The molecule has 0 saturated heterocycles. The van der Waals surface area contributed by atoms with Crippen LogP contribution in [0.5, 0.6) is 0 Å². The fourth-order valence-electron chi connectivity index (χ4n) is 3.79. The monoisotopic (exact) mass is 468 g/mol. The lowest BCUT2D eigenvalue weighted by Crippen LogP contribution is -2.04. The zero-order chi connectivity index (χ0) is 23.8. The van der Waals surface area contributed by atoms with Gasteiger partial charge in [-0.15, -0.1) is 10.2 Å². The van der Waals surface area contributed by atoms with E-state index >= 15 is 0 Å². The van der Waals surface area contributed by atoms with Crippen LogP contribution in [0.4, 0.5) is 20.2 Å². The van der Waals surface area contributed by atoms with Gasteiger partial charge in [-0.05, 0) is 70.5 Å². The van der Waals surface area contributed by atoms with Crippen LogP contribution in [0.15, 0.2) is 36.9 Å². The molecule has 0 spiro atoms. The summed E-state index contributed by atoms with van der Waals surface area (Å²) < 4.78 is 30.5. The van der Waals surface area contributed by atoms with E-state index in [1.807, 2.05) is 0 Å². The molecule has 2 saturated carbocycles. The number of anilines is 1. The lowest BCUT2D eigenvalue weighted by molar-refractivity contribution is -0.385. The second-order valence-electron chi connectivity index (χ2n) is 8.11. The minimum atomic E-state index is -0.631. The van der Waals surface area contributed by atoms with Crippen LogP contribution in [0, 0.1) is 21.7 Å². The first-order valence-electron chi connectivity index (χ1n) is 10.5. The number of hydrogen-bond donors (Lipinski definition) is 1. The first-order valence-corrected chi connectivity index (χ1v) is 10.5. The van der Waals surface area contributed by atoms with Crippen molar-refractivity contribution < 1.29 is 13.7 Å². The smallest absolute Gasteiger partial charge is 0.274 e. The van der Waals surface area contributed by atoms with Gasteiger partial charge in [0.15, 0.2) is 0 Å². The lowest BCUT2D eigenvalue weighted by atomic mass is 10.1.